The lowest BCUT2D eigenvalue weighted by molar-refractivity contribution is 0.331. The minimum atomic E-state index is 0.222. The SMILES string of the molecule is CC(NC1CCC(Nc2ccccc2)CC1)c1ccc(C(C)(C)C)cc1. The van der Waals surface area contributed by atoms with Gasteiger partial charge in [0.15, 0.2) is 0 Å². The van der Waals surface area contributed by atoms with Gasteiger partial charge in [0, 0.05) is 23.8 Å². The molecule has 2 aromatic rings. The van der Waals surface area contributed by atoms with Crippen molar-refractivity contribution in [2.75, 3.05) is 5.32 Å². The second kappa shape index (κ2) is 8.26. The molecule has 0 saturated heterocycles. The van der Waals surface area contributed by atoms with Crippen LogP contribution in [0.4, 0.5) is 5.69 Å². The first-order valence-electron chi connectivity index (χ1n) is 10.1. The fraction of sp³-hybridized carbons (Fsp3) is 0.500. The van der Waals surface area contributed by atoms with E-state index in [9.17, 15) is 0 Å². The molecular weight excluding hydrogens is 316 g/mol. The van der Waals surface area contributed by atoms with Gasteiger partial charge < -0.3 is 10.6 Å². The predicted molar refractivity (Wildman–Crippen MR) is 113 cm³/mol. The van der Waals surface area contributed by atoms with Gasteiger partial charge in [-0.15, -0.1) is 0 Å². The van der Waals surface area contributed by atoms with Crippen molar-refractivity contribution in [2.45, 2.75) is 76.9 Å². The van der Waals surface area contributed by atoms with Crippen LogP contribution in [0.1, 0.15) is 70.5 Å². The molecule has 1 saturated carbocycles. The van der Waals surface area contributed by atoms with E-state index in [1.54, 1.807) is 0 Å². The van der Waals surface area contributed by atoms with Gasteiger partial charge in [0.2, 0.25) is 0 Å². The maximum atomic E-state index is 3.85. The Morgan fingerprint density at radius 1 is 0.808 bits per heavy atom. The number of rotatable bonds is 5. The molecule has 2 nitrogen and oxygen atoms in total. The highest BCUT2D eigenvalue weighted by Crippen LogP contribution is 2.26. The van der Waals surface area contributed by atoms with Gasteiger partial charge in [-0.3, -0.25) is 0 Å². The highest BCUT2D eigenvalue weighted by atomic mass is 15.0. The van der Waals surface area contributed by atoms with Crippen LogP contribution in [0.25, 0.3) is 0 Å². The lowest BCUT2D eigenvalue weighted by Gasteiger charge is -2.32. The number of anilines is 1. The Kier molecular flexibility index (Phi) is 6.03. The largest absolute Gasteiger partial charge is 0.382 e. The van der Waals surface area contributed by atoms with Gasteiger partial charge >= 0.3 is 0 Å². The van der Waals surface area contributed by atoms with Gasteiger partial charge in [-0.2, -0.15) is 0 Å². The number of hydrogen-bond donors (Lipinski definition) is 2. The highest BCUT2D eigenvalue weighted by molar-refractivity contribution is 5.43. The molecular formula is C24H34N2. The third-order valence-electron chi connectivity index (χ3n) is 5.63. The van der Waals surface area contributed by atoms with E-state index in [0.29, 0.717) is 18.1 Å². The fourth-order valence-electron chi connectivity index (χ4n) is 3.90. The summed E-state index contributed by atoms with van der Waals surface area (Å²) in [6.45, 7) is 9.10. The second-order valence-corrected chi connectivity index (χ2v) is 8.82. The zero-order valence-electron chi connectivity index (χ0n) is 16.8. The molecule has 0 spiro atoms. The molecule has 0 amide bonds. The van der Waals surface area contributed by atoms with Crippen molar-refractivity contribution in [3.8, 4) is 0 Å². The molecule has 1 atom stereocenters. The Hall–Kier alpha value is -1.80. The maximum Gasteiger partial charge on any atom is 0.0342 e. The molecule has 2 heteroatoms. The summed E-state index contributed by atoms with van der Waals surface area (Å²) in [6.07, 6.45) is 4.97. The van der Waals surface area contributed by atoms with Crippen LogP contribution in [0.5, 0.6) is 0 Å². The van der Waals surface area contributed by atoms with Crippen LogP contribution < -0.4 is 10.6 Å². The van der Waals surface area contributed by atoms with Crippen molar-refractivity contribution in [1.29, 1.82) is 0 Å². The predicted octanol–water partition coefficient (Wildman–Crippen LogP) is 6.06. The van der Waals surface area contributed by atoms with Crippen molar-refractivity contribution in [2.24, 2.45) is 0 Å². The van der Waals surface area contributed by atoms with Crippen molar-refractivity contribution in [3.05, 3.63) is 65.7 Å². The molecule has 0 radical (unpaired) electrons. The molecule has 26 heavy (non-hydrogen) atoms. The van der Waals surface area contributed by atoms with Gasteiger partial charge in [-0.05, 0) is 61.3 Å². The average molecular weight is 351 g/mol. The van der Waals surface area contributed by atoms with Crippen molar-refractivity contribution >= 4 is 5.69 Å². The molecule has 1 aliphatic carbocycles. The van der Waals surface area contributed by atoms with Crippen LogP contribution in [-0.2, 0) is 5.41 Å². The van der Waals surface area contributed by atoms with Crippen LogP contribution in [0, 0.1) is 0 Å². The van der Waals surface area contributed by atoms with Crippen LogP contribution in [-0.4, -0.2) is 12.1 Å². The van der Waals surface area contributed by atoms with Crippen LogP contribution in [0.2, 0.25) is 0 Å². The minimum Gasteiger partial charge on any atom is -0.382 e. The van der Waals surface area contributed by atoms with Crippen LogP contribution in [0.3, 0.4) is 0 Å². The monoisotopic (exact) mass is 350 g/mol. The molecule has 2 N–H and O–H groups in total. The average Bonchev–Trinajstić information content (AvgIpc) is 2.63. The van der Waals surface area contributed by atoms with Crippen LogP contribution >= 0.6 is 0 Å². The summed E-state index contributed by atoms with van der Waals surface area (Å²) >= 11 is 0. The molecule has 0 aliphatic heterocycles. The maximum absolute atomic E-state index is 3.85. The Bertz CT molecular complexity index is 662. The van der Waals surface area contributed by atoms with E-state index < -0.39 is 0 Å². The Labute approximate surface area is 159 Å². The van der Waals surface area contributed by atoms with Gasteiger partial charge in [0.05, 0.1) is 0 Å². The summed E-state index contributed by atoms with van der Waals surface area (Å²) < 4.78 is 0. The zero-order valence-corrected chi connectivity index (χ0v) is 16.8. The smallest absolute Gasteiger partial charge is 0.0342 e. The Morgan fingerprint density at radius 3 is 1.96 bits per heavy atom. The molecule has 1 fully saturated rings. The normalized spacial score (nSPS) is 22.0. The van der Waals surface area contributed by atoms with E-state index in [1.165, 1.54) is 42.5 Å². The number of nitrogens with one attached hydrogen (secondary N) is 2. The standard InChI is InChI=1S/C24H34N2/c1-18(19-10-12-20(13-11-19)24(2,3)4)25-22-14-16-23(17-15-22)26-21-8-6-5-7-9-21/h5-13,18,22-23,25-26H,14-17H2,1-4H3. The summed E-state index contributed by atoms with van der Waals surface area (Å²) in [5.74, 6) is 0. The third-order valence-corrected chi connectivity index (χ3v) is 5.63. The summed E-state index contributed by atoms with van der Waals surface area (Å²) in [5, 5.41) is 7.53. The van der Waals surface area contributed by atoms with E-state index in [0.717, 1.165) is 0 Å². The van der Waals surface area contributed by atoms with Gasteiger partial charge in [0.1, 0.15) is 0 Å². The summed E-state index contributed by atoms with van der Waals surface area (Å²) in [5.41, 5.74) is 4.26. The zero-order chi connectivity index (χ0) is 18.6. The summed E-state index contributed by atoms with van der Waals surface area (Å²) in [4.78, 5) is 0. The lowest BCUT2D eigenvalue weighted by atomic mass is 9.86. The topological polar surface area (TPSA) is 24.1 Å². The highest BCUT2D eigenvalue weighted by Gasteiger charge is 2.22. The second-order valence-electron chi connectivity index (χ2n) is 8.82. The first-order valence-corrected chi connectivity index (χ1v) is 10.1. The molecule has 0 bridgehead atoms. The van der Waals surface area contributed by atoms with Gasteiger partial charge in [-0.25, -0.2) is 0 Å². The van der Waals surface area contributed by atoms with Crippen molar-refractivity contribution < 1.29 is 0 Å². The molecule has 1 aliphatic rings. The first kappa shape index (κ1) is 19.0. The molecule has 0 heterocycles. The lowest BCUT2D eigenvalue weighted by Crippen LogP contribution is -2.38. The van der Waals surface area contributed by atoms with E-state index in [4.69, 9.17) is 0 Å². The van der Waals surface area contributed by atoms with E-state index in [2.05, 4.69) is 92.9 Å². The quantitative estimate of drug-likeness (QED) is 0.685. The van der Waals surface area contributed by atoms with Crippen molar-refractivity contribution in [1.82, 2.24) is 5.32 Å². The van der Waals surface area contributed by atoms with Crippen LogP contribution in [0.15, 0.2) is 54.6 Å². The Balaban J connectivity index is 1.48. The third kappa shape index (κ3) is 5.11. The molecule has 3 rings (SSSR count). The number of hydrogen-bond acceptors (Lipinski definition) is 2. The molecule has 2 aromatic carbocycles. The number of para-hydroxylation sites is 1. The van der Waals surface area contributed by atoms with E-state index in [1.807, 2.05) is 0 Å². The van der Waals surface area contributed by atoms with Gasteiger partial charge in [-0.1, -0.05) is 63.2 Å². The van der Waals surface area contributed by atoms with Gasteiger partial charge in [0.25, 0.3) is 0 Å². The minimum absolute atomic E-state index is 0.222. The Morgan fingerprint density at radius 2 is 1.38 bits per heavy atom. The molecule has 140 valence electrons. The number of benzene rings is 2. The molecule has 1 unspecified atom stereocenters. The summed E-state index contributed by atoms with van der Waals surface area (Å²) in [7, 11) is 0. The van der Waals surface area contributed by atoms with E-state index >= 15 is 0 Å². The summed E-state index contributed by atoms with van der Waals surface area (Å²) in [6, 6.07) is 21.4. The molecule has 0 aromatic heterocycles. The fourth-order valence-corrected chi connectivity index (χ4v) is 3.90. The van der Waals surface area contributed by atoms with Crippen molar-refractivity contribution in [3.63, 3.8) is 0 Å². The van der Waals surface area contributed by atoms with E-state index in [-0.39, 0.29) is 5.41 Å². The first-order chi connectivity index (χ1) is 12.4.